The van der Waals surface area contributed by atoms with Crippen LogP contribution >= 0.6 is 37.2 Å². The molecule has 0 aliphatic rings. The molecule has 0 saturated heterocycles. The third-order valence-corrected chi connectivity index (χ3v) is 0.695. The van der Waals surface area contributed by atoms with E-state index in [4.69, 9.17) is 0 Å². The number of rotatable bonds is 2. The number of halogens is 2. The molecule has 0 rings (SSSR count). The van der Waals surface area contributed by atoms with E-state index in [1.165, 1.54) is 0 Å². The first-order chi connectivity index (χ1) is 4.31. The summed E-state index contributed by atoms with van der Waals surface area (Å²) in [5.74, 6) is 0.127. The van der Waals surface area contributed by atoms with Crippen LogP contribution in [0.3, 0.4) is 0 Å². The van der Waals surface area contributed by atoms with Crippen LogP contribution in [0, 0.1) is 0 Å². The number of nitrogens with one attached hydrogen (secondary N) is 1. The molecule has 2 nitrogen and oxygen atoms in total. The van der Waals surface area contributed by atoms with Gasteiger partial charge in [-0.1, -0.05) is 21.8 Å². The Hall–Kier alpha value is 0.930. The molecule has 0 aromatic rings. The Morgan fingerprint density at radius 2 is 1.64 bits per heavy atom. The van der Waals surface area contributed by atoms with Crippen LogP contribution in [0.2, 0.25) is 0 Å². The molecule has 0 bridgehead atoms. The predicted octanol–water partition coefficient (Wildman–Crippen LogP) is 3.58. The highest BCUT2D eigenvalue weighted by Crippen LogP contribution is 1.89. The summed E-state index contributed by atoms with van der Waals surface area (Å²) in [6.45, 7) is 4.49. The first kappa shape index (κ1) is 22.7. The number of carbonyl (C=O) groups is 1. The fraction of sp³-hybridized carbons (Fsp3) is 0.857. The van der Waals surface area contributed by atoms with Crippen LogP contribution in [-0.4, -0.2) is 12.5 Å². The average Bonchev–Trinajstić information content (AvgIpc) is 1.93. The fourth-order valence-corrected chi connectivity index (χ4v) is 0.322. The highest BCUT2D eigenvalue weighted by atomic mass is 128. The summed E-state index contributed by atoms with van der Waals surface area (Å²) in [5, 5.41) is 2.66. The number of carbonyl (C=O) groups excluding carboxylic acids is 1. The third-order valence-electron chi connectivity index (χ3n) is 0.695. The zero-order chi connectivity index (χ0) is 7.70. The minimum Gasteiger partial charge on any atom is -0.356 e. The second-order valence-corrected chi connectivity index (χ2v) is 1.31. The van der Waals surface area contributed by atoms with E-state index in [0.717, 1.165) is 6.54 Å². The molecule has 0 aliphatic carbocycles. The highest BCUT2D eigenvalue weighted by molar-refractivity contribution is 15.0. The van der Waals surface area contributed by atoms with Crippen molar-refractivity contribution in [1.29, 1.82) is 0 Å². The monoisotopic (exact) mass is 387 g/mol. The molecule has 0 aliphatic heterocycles. The second kappa shape index (κ2) is 22.4. The van der Waals surface area contributed by atoms with Gasteiger partial charge in [0.15, 0.2) is 0 Å². The van der Waals surface area contributed by atoms with Gasteiger partial charge in [-0.25, -0.2) is 0 Å². The lowest BCUT2D eigenvalue weighted by Gasteiger charge is -1.93. The van der Waals surface area contributed by atoms with E-state index in [0.29, 0.717) is 6.42 Å². The SMILES string of the molecule is C.C.CCNC(=O)CC.II. The van der Waals surface area contributed by atoms with Crippen molar-refractivity contribution in [1.82, 2.24) is 5.32 Å². The standard InChI is InChI=1S/C5H11NO.2CH4.I2/c1-3-5(7)6-4-2;;;1-2/h3-4H2,1-2H3,(H,6,7);2*1H4;. The van der Waals surface area contributed by atoms with Crippen molar-refractivity contribution in [3.8, 4) is 0 Å². The van der Waals surface area contributed by atoms with E-state index in [1.807, 2.05) is 13.8 Å². The predicted molar refractivity (Wildman–Crippen MR) is 70.5 cm³/mol. The molecule has 0 atom stereocenters. The molecule has 72 valence electrons. The van der Waals surface area contributed by atoms with Crippen molar-refractivity contribution in [3.05, 3.63) is 0 Å². The minimum absolute atomic E-state index is 0. The van der Waals surface area contributed by atoms with E-state index in [9.17, 15) is 4.79 Å². The van der Waals surface area contributed by atoms with Gasteiger partial charge in [-0.3, -0.25) is 4.79 Å². The van der Waals surface area contributed by atoms with Crippen molar-refractivity contribution in [2.45, 2.75) is 35.1 Å². The number of amides is 1. The Balaban J connectivity index is -0.0000000564. The minimum atomic E-state index is 0. The molecule has 0 aromatic heterocycles. The van der Waals surface area contributed by atoms with Gasteiger partial charge >= 0.3 is 0 Å². The van der Waals surface area contributed by atoms with E-state index in [-0.39, 0.29) is 20.8 Å². The first-order valence-corrected chi connectivity index (χ1v) is 9.00. The smallest absolute Gasteiger partial charge is 0.219 e. The van der Waals surface area contributed by atoms with Gasteiger partial charge in [0.2, 0.25) is 5.91 Å². The van der Waals surface area contributed by atoms with E-state index in [1.54, 1.807) is 0 Å². The first-order valence-electron chi connectivity index (χ1n) is 2.72. The molecule has 1 N–H and O–H groups in total. The maximum atomic E-state index is 10.3. The Morgan fingerprint density at radius 3 is 1.73 bits per heavy atom. The van der Waals surface area contributed by atoms with Gasteiger partial charge in [0.25, 0.3) is 0 Å². The maximum Gasteiger partial charge on any atom is 0.219 e. The molecule has 11 heavy (non-hydrogen) atoms. The molecule has 1 amide bonds. The summed E-state index contributed by atoms with van der Waals surface area (Å²) in [5.41, 5.74) is 0. The maximum absolute atomic E-state index is 10.3. The summed E-state index contributed by atoms with van der Waals surface area (Å²) in [4.78, 5) is 10.3. The molecule has 0 aromatic carbocycles. The highest BCUT2D eigenvalue weighted by Gasteiger charge is 1.88. The largest absolute Gasteiger partial charge is 0.356 e. The van der Waals surface area contributed by atoms with Gasteiger partial charge in [-0.05, 0) is 6.92 Å². The van der Waals surface area contributed by atoms with Gasteiger partial charge in [0.05, 0.1) is 0 Å². The lowest BCUT2D eigenvalue weighted by atomic mass is 10.4. The summed E-state index contributed by atoms with van der Waals surface area (Å²) >= 11 is 4.24. The Kier molecular flexibility index (Phi) is 46.2. The zero-order valence-electron chi connectivity index (χ0n) is 5.58. The van der Waals surface area contributed by atoms with Gasteiger partial charge in [-0.2, -0.15) is 0 Å². The van der Waals surface area contributed by atoms with Crippen molar-refractivity contribution in [2.75, 3.05) is 6.54 Å². The van der Waals surface area contributed by atoms with Crippen molar-refractivity contribution in [2.24, 2.45) is 0 Å². The fourth-order valence-electron chi connectivity index (χ4n) is 0.322. The lowest BCUT2D eigenvalue weighted by molar-refractivity contribution is -0.120. The summed E-state index contributed by atoms with van der Waals surface area (Å²) < 4.78 is 0. The van der Waals surface area contributed by atoms with Gasteiger partial charge in [0.1, 0.15) is 0 Å². The molecule has 4 heteroatoms. The van der Waals surface area contributed by atoms with Gasteiger partial charge in [-0.15, -0.1) is 0 Å². The number of hydrogen-bond acceptors (Lipinski definition) is 1. The van der Waals surface area contributed by atoms with Crippen LogP contribution in [0.1, 0.15) is 35.1 Å². The number of hydrogen-bond donors (Lipinski definition) is 1. The summed E-state index contributed by atoms with van der Waals surface area (Å²) in [6, 6.07) is 0. The summed E-state index contributed by atoms with van der Waals surface area (Å²) in [7, 11) is 0. The zero-order valence-corrected chi connectivity index (χ0v) is 9.89. The van der Waals surface area contributed by atoms with Crippen molar-refractivity contribution >= 4 is 43.1 Å². The van der Waals surface area contributed by atoms with Gasteiger partial charge in [0, 0.05) is 50.2 Å². The molecule has 0 saturated carbocycles. The lowest BCUT2D eigenvalue weighted by Crippen LogP contribution is -2.20. The van der Waals surface area contributed by atoms with Crippen LogP contribution in [0.25, 0.3) is 0 Å². The van der Waals surface area contributed by atoms with E-state index in [2.05, 4.69) is 42.5 Å². The van der Waals surface area contributed by atoms with Gasteiger partial charge < -0.3 is 5.32 Å². The molecule has 0 radical (unpaired) electrons. The van der Waals surface area contributed by atoms with E-state index >= 15 is 0 Å². The summed E-state index contributed by atoms with van der Waals surface area (Å²) in [6.07, 6.45) is 0.591. The molecule has 0 spiro atoms. The molecular formula is C7H19I2NO. The average molecular weight is 387 g/mol. The Bertz CT molecular complexity index is 69.5. The third kappa shape index (κ3) is 24.8. The van der Waals surface area contributed by atoms with Crippen LogP contribution in [0.15, 0.2) is 0 Å². The van der Waals surface area contributed by atoms with E-state index < -0.39 is 0 Å². The topological polar surface area (TPSA) is 29.1 Å². The van der Waals surface area contributed by atoms with Crippen LogP contribution in [-0.2, 0) is 4.79 Å². The van der Waals surface area contributed by atoms with Crippen LogP contribution in [0.5, 0.6) is 0 Å². The molecule has 0 heterocycles. The van der Waals surface area contributed by atoms with Crippen LogP contribution < -0.4 is 5.32 Å². The van der Waals surface area contributed by atoms with Crippen molar-refractivity contribution in [3.63, 3.8) is 0 Å². The Labute approximate surface area is 94.2 Å². The molecule has 0 unspecified atom stereocenters. The quantitative estimate of drug-likeness (QED) is 0.722. The Morgan fingerprint density at radius 1 is 1.27 bits per heavy atom. The second-order valence-electron chi connectivity index (χ2n) is 1.31. The van der Waals surface area contributed by atoms with Crippen LogP contribution in [0.4, 0.5) is 0 Å². The van der Waals surface area contributed by atoms with Crippen molar-refractivity contribution < 1.29 is 4.79 Å². The normalized spacial score (nSPS) is 5.82. The molecule has 0 fully saturated rings. The molecular weight excluding hydrogens is 368 g/mol.